The van der Waals surface area contributed by atoms with Crippen LogP contribution in [0.4, 0.5) is 11.4 Å². The first-order valence-electron chi connectivity index (χ1n) is 5.07. The molecule has 0 amide bonds. The smallest absolute Gasteiger partial charge is 0.241 e. The Labute approximate surface area is 120 Å². The summed E-state index contributed by atoms with van der Waals surface area (Å²) in [5.41, 5.74) is 0.809. The van der Waals surface area contributed by atoms with Gasteiger partial charge in [0.2, 0.25) is 10.0 Å². The maximum atomic E-state index is 11.4. The van der Waals surface area contributed by atoms with Gasteiger partial charge in [0, 0.05) is 17.4 Å². The predicted octanol–water partition coefficient (Wildman–Crippen LogP) is 2.78. The summed E-state index contributed by atoms with van der Waals surface area (Å²) in [6.45, 7) is 0. The average molecular weight is 318 g/mol. The number of nitrogens with two attached hydrogens (primary N) is 1. The van der Waals surface area contributed by atoms with E-state index in [2.05, 4.69) is 10.3 Å². The van der Waals surface area contributed by atoms with Gasteiger partial charge < -0.3 is 5.32 Å². The van der Waals surface area contributed by atoms with E-state index in [0.29, 0.717) is 21.4 Å². The van der Waals surface area contributed by atoms with Crippen molar-refractivity contribution in [1.29, 1.82) is 0 Å². The SMILES string of the molecule is NS(=O)(=O)c1cnccc1Nc1ccc(Cl)cc1Cl. The van der Waals surface area contributed by atoms with E-state index in [-0.39, 0.29) is 4.90 Å². The van der Waals surface area contributed by atoms with Crippen molar-refractivity contribution >= 4 is 44.6 Å². The molecule has 8 heteroatoms. The molecule has 1 aromatic carbocycles. The zero-order valence-corrected chi connectivity index (χ0v) is 11.8. The molecule has 0 bridgehead atoms. The van der Waals surface area contributed by atoms with Crippen LogP contribution in [0, 0.1) is 0 Å². The Hall–Kier alpha value is -1.34. The number of pyridine rings is 1. The van der Waals surface area contributed by atoms with Gasteiger partial charge >= 0.3 is 0 Å². The van der Waals surface area contributed by atoms with Gasteiger partial charge in [-0.05, 0) is 24.3 Å². The number of sulfonamides is 1. The molecule has 0 aliphatic carbocycles. The van der Waals surface area contributed by atoms with E-state index in [1.54, 1.807) is 18.2 Å². The molecule has 0 unspecified atom stereocenters. The number of halogens is 2. The largest absolute Gasteiger partial charge is 0.353 e. The van der Waals surface area contributed by atoms with Crippen molar-refractivity contribution in [3.63, 3.8) is 0 Å². The van der Waals surface area contributed by atoms with Crippen molar-refractivity contribution in [2.45, 2.75) is 4.90 Å². The summed E-state index contributed by atoms with van der Waals surface area (Å²) in [6.07, 6.45) is 2.61. The fourth-order valence-electron chi connectivity index (χ4n) is 1.45. The Morgan fingerprint density at radius 3 is 2.53 bits per heavy atom. The molecule has 0 atom stereocenters. The van der Waals surface area contributed by atoms with Gasteiger partial charge in [0.1, 0.15) is 4.90 Å². The number of rotatable bonds is 3. The summed E-state index contributed by atoms with van der Waals surface area (Å²) >= 11 is 11.8. The molecule has 1 heterocycles. The topological polar surface area (TPSA) is 85.1 Å². The number of nitrogens with zero attached hydrogens (tertiary/aromatic N) is 1. The third-order valence-corrected chi connectivity index (χ3v) is 3.78. The van der Waals surface area contributed by atoms with Crippen LogP contribution in [0.1, 0.15) is 0 Å². The first-order chi connectivity index (χ1) is 8.88. The monoisotopic (exact) mass is 317 g/mol. The zero-order chi connectivity index (χ0) is 14.0. The van der Waals surface area contributed by atoms with Crippen LogP contribution in [-0.4, -0.2) is 13.4 Å². The van der Waals surface area contributed by atoms with Crippen molar-refractivity contribution in [1.82, 2.24) is 4.98 Å². The molecule has 0 fully saturated rings. The van der Waals surface area contributed by atoms with Gasteiger partial charge in [-0.2, -0.15) is 0 Å². The van der Waals surface area contributed by atoms with Crippen molar-refractivity contribution in [2.24, 2.45) is 5.14 Å². The molecule has 0 saturated carbocycles. The fourth-order valence-corrected chi connectivity index (χ4v) is 2.54. The predicted molar refractivity (Wildman–Crippen MR) is 75.4 cm³/mol. The summed E-state index contributed by atoms with van der Waals surface area (Å²) in [5, 5.41) is 8.85. The lowest BCUT2D eigenvalue weighted by Gasteiger charge is -2.11. The summed E-state index contributed by atoms with van der Waals surface area (Å²) in [6, 6.07) is 6.31. The number of benzene rings is 1. The van der Waals surface area contributed by atoms with Crippen LogP contribution >= 0.6 is 23.2 Å². The van der Waals surface area contributed by atoms with Crippen LogP contribution < -0.4 is 10.5 Å². The van der Waals surface area contributed by atoms with Gasteiger partial charge in [-0.1, -0.05) is 23.2 Å². The van der Waals surface area contributed by atoms with E-state index in [1.807, 2.05) is 0 Å². The molecule has 0 radical (unpaired) electrons. The van der Waals surface area contributed by atoms with Crippen LogP contribution in [0.15, 0.2) is 41.6 Å². The summed E-state index contributed by atoms with van der Waals surface area (Å²) in [7, 11) is -3.87. The third-order valence-electron chi connectivity index (χ3n) is 2.29. The summed E-state index contributed by atoms with van der Waals surface area (Å²) < 4.78 is 22.9. The van der Waals surface area contributed by atoms with E-state index >= 15 is 0 Å². The first kappa shape index (κ1) is 14.1. The van der Waals surface area contributed by atoms with Crippen LogP contribution in [0.25, 0.3) is 0 Å². The van der Waals surface area contributed by atoms with Gasteiger partial charge in [-0.15, -0.1) is 0 Å². The Morgan fingerprint density at radius 2 is 1.89 bits per heavy atom. The molecule has 0 spiro atoms. The lowest BCUT2D eigenvalue weighted by molar-refractivity contribution is 0.598. The first-order valence-corrected chi connectivity index (χ1v) is 7.37. The zero-order valence-electron chi connectivity index (χ0n) is 9.47. The summed E-state index contributed by atoms with van der Waals surface area (Å²) in [4.78, 5) is 3.63. The van der Waals surface area contributed by atoms with Gasteiger partial charge in [0.25, 0.3) is 0 Å². The quantitative estimate of drug-likeness (QED) is 0.911. The second kappa shape index (κ2) is 5.34. The minimum Gasteiger partial charge on any atom is -0.353 e. The van der Waals surface area contributed by atoms with Gasteiger partial charge in [-0.25, -0.2) is 13.6 Å². The normalized spacial score (nSPS) is 11.3. The highest BCUT2D eigenvalue weighted by atomic mass is 35.5. The van der Waals surface area contributed by atoms with Crippen molar-refractivity contribution < 1.29 is 8.42 Å². The van der Waals surface area contributed by atoms with Gasteiger partial charge in [0.05, 0.1) is 16.4 Å². The third kappa shape index (κ3) is 3.36. The minimum absolute atomic E-state index is 0.110. The number of anilines is 2. The number of hydrogen-bond acceptors (Lipinski definition) is 4. The maximum absolute atomic E-state index is 11.4. The van der Waals surface area contributed by atoms with E-state index in [9.17, 15) is 8.42 Å². The molecule has 1 aromatic heterocycles. The lowest BCUT2D eigenvalue weighted by atomic mass is 10.3. The Bertz CT molecular complexity index is 720. The minimum atomic E-state index is -3.87. The number of aromatic nitrogens is 1. The van der Waals surface area contributed by atoms with Crippen LogP contribution in [0.5, 0.6) is 0 Å². The second-order valence-corrected chi connectivity index (χ2v) is 6.04. The summed E-state index contributed by atoms with van der Waals surface area (Å²) in [5.74, 6) is 0. The van der Waals surface area contributed by atoms with Crippen molar-refractivity contribution in [2.75, 3.05) is 5.32 Å². The molecule has 100 valence electrons. The lowest BCUT2D eigenvalue weighted by Crippen LogP contribution is -2.14. The van der Waals surface area contributed by atoms with Crippen LogP contribution in [0.3, 0.4) is 0 Å². The second-order valence-electron chi connectivity index (χ2n) is 3.67. The average Bonchev–Trinajstić information content (AvgIpc) is 2.32. The molecule has 2 aromatic rings. The molecule has 0 aliphatic heterocycles. The Kier molecular flexibility index (Phi) is 3.96. The molecular weight excluding hydrogens is 309 g/mol. The molecule has 5 nitrogen and oxygen atoms in total. The number of hydrogen-bond donors (Lipinski definition) is 2. The standard InChI is InChI=1S/C11H9Cl2N3O2S/c12-7-1-2-9(8(13)5-7)16-10-3-4-15-6-11(10)19(14,17)18/h1-6H,(H,15,16)(H2,14,17,18). The van der Waals surface area contributed by atoms with Gasteiger partial charge in [-0.3, -0.25) is 4.98 Å². The molecule has 2 rings (SSSR count). The Morgan fingerprint density at radius 1 is 1.16 bits per heavy atom. The Balaban J connectivity index is 2.44. The molecule has 3 N–H and O–H groups in total. The van der Waals surface area contributed by atoms with E-state index in [4.69, 9.17) is 28.3 Å². The van der Waals surface area contributed by atoms with E-state index in [1.165, 1.54) is 18.5 Å². The van der Waals surface area contributed by atoms with Crippen molar-refractivity contribution in [3.8, 4) is 0 Å². The van der Waals surface area contributed by atoms with Gasteiger partial charge in [0.15, 0.2) is 0 Å². The molecular formula is C11H9Cl2N3O2S. The number of nitrogens with one attached hydrogen (secondary N) is 1. The number of primary sulfonamides is 1. The highest BCUT2D eigenvalue weighted by Gasteiger charge is 2.14. The van der Waals surface area contributed by atoms with Crippen LogP contribution in [-0.2, 0) is 10.0 Å². The van der Waals surface area contributed by atoms with Crippen molar-refractivity contribution in [3.05, 3.63) is 46.7 Å². The van der Waals surface area contributed by atoms with Crippen LogP contribution in [0.2, 0.25) is 10.0 Å². The van der Waals surface area contributed by atoms with E-state index < -0.39 is 10.0 Å². The van der Waals surface area contributed by atoms with E-state index in [0.717, 1.165) is 0 Å². The maximum Gasteiger partial charge on any atom is 0.241 e. The molecule has 0 saturated heterocycles. The fraction of sp³-hybridized carbons (Fsp3) is 0. The highest BCUT2D eigenvalue weighted by molar-refractivity contribution is 7.89. The molecule has 0 aliphatic rings. The molecule has 19 heavy (non-hydrogen) atoms. The highest BCUT2D eigenvalue weighted by Crippen LogP contribution is 2.30.